The summed E-state index contributed by atoms with van der Waals surface area (Å²) in [6, 6.07) is 1.81. The Labute approximate surface area is 129 Å². The van der Waals surface area contributed by atoms with Gasteiger partial charge in [0.05, 0.1) is 30.6 Å². The van der Waals surface area contributed by atoms with Gasteiger partial charge in [0, 0.05) is 23.7 Å². The summed E-state index contributed by atoms with van der Waals surface area (Å²) in [7, 11) is 0. The third-order valence-electron chi connectivity index (χ3n) is 4.31. The maximum absolute atomic E-state index is 12.5. The van der Waals surface area contributed by atoms with E-state index in [1.54, 1.807) is 19.5 Å². The molecule has 2 heterocycles. The summed E-state index contributed by atoms with van der Waals surface area (Å²) < 4.78 is 10.4. The maximum Gasteiger partial charge on any atom is 0.336 e. The number of nitrogens with zero attached hydrogens (tertiary/aromatic N) is 1. The molecule has 1 aromatic heterocycles. The predicted molar refractivity (Wildman–Crippen MR) is 80.6 cm³/mol. The van der Waals surface area contributed by atoms with E-state index in [4.69, 9.17) is 9.15 Å². The molecule has 0 bridgehead atoms. The van der Waals surface area contributed by atoms with Crippen molar-refractivity contribution in [2.24, 2.45) is 10.9 Å². The molecule has 2 atom stereocenters. The Morgan fingerprint density at radius 1 is 1.41 bits per heavy atom. The van der Waals surface area contributed by atoms with Crippen molar-refractivity contribution in [2.45, 2.75) is 39.0 Å². The number of hydrogen-bond donors (Lipinski definition) is 0. The highest BCUT2D eigenvalue weighted by molar-refractivity contribution is 6.11. The van der Waals surface area contributed by atoms with Crippen molar-refractivity contribution < 1.29 is 18.7 Å². The normalized spacial score (nSPS) is 24.8. The molecular formula is C17H19NO4. The standard InChI is InChI=1S/C17H19NO4/c1-3-22-17(20)14-10(2)18-12-5-4-6-13(19)16(12)15(14)11-7-8-21-9-11/h7-9,15-16H,3-6H2,1-2H3. The molecule has 5 heteroatoms. The molecule has 3 rings (SSSR count). The van der Waals surface area contributed by atoms with Crippen molar-refractivity contribution in [2.75, 3.05) is 6.61 Å². The van der Waals surface area contributed by atoms with Gasteiger partial charge in [0.25, 0.3) is 0 Å². The molecular weight excluding hydrogens is 282 g/mol. The topological polar surface area (TPSA) is 68.9 Å². The first kappa shape index (κ1) is 14.8. The fourth-order valence-corrected chi connectivity index (χ4v) is 3.41. The van der Waals surface area contributed by atoms with Crippen LogP contribution in [-0.2, 0) is 14.3 Å². The second-order valence-corrected chi connectivity index (χ2v) is 5.65. The van der Waals surface area contributed by atoms with Gasteiger partial charge in [-0.3, -0.25) is 9.79 Å². The molecule has 22 heavy (non-hydrogen) atoms. The zero-order chi connectivity index (χ0) is 15.7. The molecule has 1 aromatic rings. The summed E-state index contributed by atoms with van der Waals surface area (Å²) in [6.07, 6.45) is 5.33. The van der Waals surface area contributed by atoms with E-state index in [1.807, 2.05) is 13.0 Å². The number of rotatable bonds is 3. The largest absolute Gasteiger partial charge is 0.472 e. The summed E-state index contributed by atoms with van der Waals surface area (Å²) in [5.74, 6) is -0.967. The smallest absolute Gasteiger partial charge is 0.336 e. The van der Waals surface area contributed by atoms with Crippen molar-refractivity contribution in [1.29, 1.82) is 0 Å². The molecule has 0 aromatic carbocycles. The second kappa shape index (κ2) is 5.91. The lowest BCUT2D eigenvalue weighted by Crippen LogP contribution is -2.38. The summed E-state index contributed by atoms with van der Waals surface area (Å²) in [6.45, 7) is 3.87. The Bertz CT molecular complexity index is 654. The quantitative estimate of drug-likeness (QED) is 0.805. The zero-order valence-corrected chi connectivity index (χ0v) is 12.8. The Hall–Kier alpha value is -2.17. The van der Waals surface area contributed by atoms with Gasteiger partial charge in [0.15, 0.2) is 0 Å². The summed E-state index contributed by atoms with van der Waals surface area (Å²) in [4.78, 5) is 29.4. The third kappa shape index (κ3) is 2.40. The minimum atomic E-state index is -0.396. The van der Waals surface area contributed by atoms with E-state index >= 15 is 0 Å². The Morgan fingerprint density at radius 3 is 2.91 bits per heavy atom. The number of carbonyl (C=O) groups excluding carboxylic acids is 2. The predicted octanol–water partition coefficient (Wildman–Crippen LogP) is 3.02. The number of aliphatic imine (C=N–C) groups is 1. The van der Waals surface area contributed by atoms with Crippen LogP contribution in [0.3, 0.4) is 0 Å². The molecule has 2 aliphatic rings. The van der Waals surface area contributed by atoms with Gasteiger partial charge < -0.3 is 9.15 Å². The molecule has 5 nitrogen and oxygen atoms in total. The molecule has 0 spiro atoms. The van der Waals surface area contributed by atoms with Crippen LogP contribution >= 0.6 is 0 Å². The zero-order valence-electron chi connectivity index (χ0n) is 12.8. The maximum atomic E-state index is 12.5. The summed E-state index contributed by atoms with van der Waals surface area (Å²) >= 11 is 0. The molecule has 2 unspecified atom stereocenters. The number of hydrogen-bond acceptors (Lipinski definition) is 5. The molecule has 1 aliphatic heterocycles. The minimum Gasteiger partial charge on any atom is -0.472 e. The number of furan rings is 1. The average Bonchev–Trinajstić information content (AvgIpc) is 3.00. The van der Waals surface area contributed by atoms with Crippen molar-refractivity contribution in [3.63, 3.8) is 0 Å². The van der Waals surface area contributed by atoms with Crippen LogP contribution in [0.1, 0.15) is 44.6 Å². The first-order valence-corrected chi connectivity index (χ1v) is 7.63. The number of fused-ring (bicyclic) bond motifs is 1. The van der Waals surface area contributed by atoms with Gasteiger partial charge in [0.2, 0.25) is 0 Å². The van der Waals surface area contributed by atoms with E-state index in [-0.39, 0.29) is 17.6 Å². The molecule has 0 radical (unpaired) electrons. The van der Waals surface area contributed by atoms with Crippen LogP contribution in [0, 0.1) is 5.92 Å². The van der Waals surface area contributed by atoms with Crippen molar-refractivity contribution in [3.05, 3.63) is 35.4 Å². The molecule has 1 saturated carbocycles. The van der Waals surface area contributed by atoms with Crippen molar-refractivity contribution in [1.82, 2.24) is 0 Å². The lowest BCUT2D eigenvalue weighted by atomic mass is 9.70. The minimum absolute atomic E-state index is 0.144. The van der Waals surface area contributed by atoms with Gasteiger partial charge in [-0.2, -0.15) is 0 Å². The molecule has 1 aliphatic carbocycles. The van der Waals surface area contributed by atoms with Gasteiger partial charge >= 0.3 is 5.97 Å². The van der Waals surface area contributed by atoms with Gasteiger partial charge in [-0.05, 0) is 38.3 Å². The van der Waals surface area contributed by atoms with Gasteiger partial charge in [-0.15, -0.1) is 0 Å². The fraction of sp³-hybridized carbons (Fsp3) is 0.471. The van der Waals surface area contributed by atoms with Gasteiger partial charge in [-0.1, -0.05) is 0 Å². The van der Waals surface area contributed by atoms with E-state index in [2.05, 4.69) is 4.99 Å². The lowest BCUT2D eigenvalue weighted by molar-refractivity contribution is -0.139. The van der Waals surface area contributed by atoms with E-state index in [0.717, 1.165) is 24.1 Å². The number of Topliss-reactive ketones (excluding diaryl/α,β-unsaturated/α-hetero) is 1. The highest BCUT2D eigenvalue weighted by Gasteiger charge is 2.44. The Kier molecular flexibility index (Phi) is 3.96. The van der Waals surface area contributed by atoms with Crippen molar-refractivity contribution in [3.8, 4) is 0 Å². The lowest BCUT2D eigenvalue weighted by Gasteiger charge is -2.34. The molecule has 0 saturated heterocycles. The Morgan fingerprint density at radius 2 is 2.23 bits per heavy atom. The van der Waals surface area contributed by atoms with Crippen LogP contribution in [0.2, 0.25) is 0 Å². The first-order chi connectivity index (χ1) is 10.6. The Balaban J connectivity index is 2.12. The second-order valence-electron chi connectivity index (χ2n) is 5.65. The number of carbonyl (C=O) groups is 2. The van der Waals surface area contributed by atoms with Crippen molar-refractivity contribution >= 4 is 17.5 Å². The summed E-state index contributed by atoms with van der Waals surface area (Å²) in [5, 5.41) is 0. The number of ketones is 1. The first-order valence-electron chi connectivity index (χ1n) is 7.63. The third-order valence-corrected chi connectivity index (χ3v) is 4.31. The van der Waals surface area contributed by atoms with Gasteiger partial charge in [0.1, 0.15) is 5.78 Å². The summed E-state index contributed by atoms with van der Waals surface area (Å²) in [5.41, 5.74) is 2.83. The highest BCUT2D eigenvalue weighted by atomic mass is 16.5. The van der Waals surface area contributed by atoms with Crippen LogP contribution in [0.25, 0.3) is 0 Å². The van der Waals surface area contributed by atoms with E-state index in [1.165, 1.54) is 0 Å². The highest BCUT2D eigenvalue weighted by Crippen LogP contribution is 2.43. The van der Waals surface area contributed by atoms with Crippen LogP contribution < -0.4 is 0 Å². The molecule has 116 valence electrons. The molecule has 0 amide bonds. The van der Waals surface area contributed by atoms with Crippen LogP contribution in [0.5, 0.6) is 0 Å². The van der Waals surface area contributed by atoms with E-state index in [0.29, 0.717) is 24.3 Å². The van der Waals surface area contributed by atoms with Gasteiger partial charge in [-0.25, -0.2) is 4.79 Å². The van der Waals surface area contributed by atoms with Crippen LogP contribution in [-0.4, -0.2) is 24.1 Å². The molecule has 1 fully saturated rings. The fourth-order valence-electron chi connectivity index (χ4n) is 3.41. The van der Waals surface area contributed by atoms with E-state index < -0.39 is 5.97 Å². The molecule has 0 N–H and O–H groups in total. The number of esters is 1. The number of allylic oxidation sites excluding steroid dienone is 1. The van der Waals surface area contributed by atoms with Crippen LogP contribution in [0.4, 0.5) is 0 Å². The average molecular weight is 301 g/mol. The van der Waals surface area contributed by atoms with Crippen LogP contribution in [0.15, 0.2) is 39.3 Å². The van der Waals surface area contributed by atoms with E-state index in [9.17, 15) is 9.59 Å². The number of ether oxygens (including phenoxy) is 1. The SMILES string of the molecule is CCOC(=O)C1=C(C)N=C2CCCC(=O)C2C1c1ccoc1. The monoisotopic (exact) mass is 301 g/mol.